The van der Waals surface area contributed by atoms with E-state index >= 15 is 0 Å². The molecule has 0 unspecified atom stereocenters. The SMILES string of the molecule is CCN(CC)C(=O)CNC(=O)Cc1csc(NC(=O)Cc2cccs2)n1. The molecule has 2 N–H and O–H groups in total. The van der Waals surface area contributed by atoms with Gasteiger partial charge in [0, 0.05) is 23.3 Å². The zero-order chi connectivity index (χ0) is 18.9. The largest absolute Gasteiger partial charge is 0.347 e. The van der Waals surface area contributed by atoms with Crippen LogP contribution in [0.4, 0.5) is 5.13 Å². The Morgan fingerprint density at radius 2 is 1.88 bits per heavy atom. The Balaban J connectivity index is 1.77. The number of anilines is 1. The molecule has 0 radical (unpaired) electrons. The topological polar surface area (TPSA) is 91.4 Å². The van der Waals surface area contributed by atoms with Crippen molar-refractivity contribution >= 4 is 45.5 Å². The number of nitrogens with zero attached hydrogens (tertiary/aromatic N) is 2. The molecule has 0 aromatic carbocycles. The second kappa shape index (κ2) is 10.0. The van der Waals surface area contributed by atoms with Crippen molar-refractivity contribution in [2.45, 2.75) is 26.7 Å². The monoisotopic (exact) mass is 394 g/mol. The maximum absolute atomic E-state index is 12.0. The summed E-state index contributed by atoms with van der Waals surface area (Å²) in [6.07, 6.45) is 0.378. The van der Waals surface area contributed by atoms with Gasteiger partial charge in [-0.15, -0.1) is 22.7 Å². The molecule has 2 rings (SSSR count). The minimum atomic E-state index is -0.271. The van der Waals surface area contributed by atoms with Crippen LogP contribution in [0.25, 0.3) is 0 Å². The van der Waals surface area contributed by atoms with Gasteiger partial charge in [-0.25, -0.2) is 4.98 Å². The molecule has 0 bridgehead atoms. The number of hydrogen-bond donors (Lipinski definition) is 2. The molecule has 0 fully saturated rings. The number of hydrogen-bond acceptors (Lipinski definition) is 6. The van der Waals surface area contributed by atoms with Gasteiger partial charge >= 0.3 is 0 Å². The Hall–Kier alpha value is -2.26. The fourth-order valence-electron chi connectivity index (χ4n) is 2.27. The first-order valence-corrected chi connectivity index (χ1v) is 10.1. The number of carbonyl (C=O) groups excluding carboxylic acids is 3. The number of likely N-dealkylation sites (N-methyl/N-ethyl adjacent to an activating group) is 1. The molecule has 0 saturated carbocycles. The van der Waals surface area contributed by atoms with Gasteiger partial charge in [0.05, 0.1) is 25.1 Å². The van der Waals surface area contributed by atoms with Gasteiger partial charge < -0.3 is 15.5 Å². The van der Waals surface area contributed by atoms with Crippen LogP contribution in [-0.2, 0) is 27.2 Å². The number of thiazole rings is 1. The summed E-state index contributed by atoms with van der Waals surface area (Å²) in [6.45, 7) is 5.01. The van der Waals surface area contributed by atoms with Crippen molar-refractivity contribution in [1.82, 2.24) is 15.2 Å². The molecule has 9 heteroatoms. The van der Waals surface area contributed by atoms with Crippen LogP contribution in [0.5, 0.6) is 0 Å². The van der Waals surface area contributed by atoms with Crippen LogP contribution in [0.15, 0.2) is 22.9 Å². The number of rotatable bonds is 9. The highest BCUT2D eigenvalue weighted by molar-refractivity contribution is 7.14. The molecular weight excluding hydrogens is 372 g/mol. The molecule has 2 heterocycles. The Kier molecular flexibility index (Phi) is 7.73. The van der Waals surface area contributed by atoms with Crippen LogP contribution in [0.3, 0.4) is 0 Å². The van der Waals surface area contributed by atoms with Crippen LogP contribution < -0.4 is 10.6 Å². The van der Waals surface area contributed by atoms with E-state index in [4.69, 9.17) is 0 Å². The number of amides is 3. The van der Waals surface area contributed by atoms with Crippen molar-refractivity contribution in [1.29, 1.82) is 0 Å². The molecule has 26 heavy (non-hydrogen) atoms. The summed E-state index contributed by atoms with van der Waals surface area (Å²) in [5.41, 5.74) is 0.564. The van der Waals surface area contributed by atoms with E-state index in [1.54, 1.807) is 10.3 Å². The van der Waals surface area contributed by atoms with Gasteiger partial charge in [-0.2, -0.15) is 0 Å². The van der Waals surface area contributed by atoms with Gasteiger partial charge in [-0.1, -0.05) is 6.07 Å². The minimum Gasteiger partial charge on any atom is -0.347 e. The number of thiophene rings is 1. The summed E-state index contributed by atoms with van der Waals surface area (Å²) in [5.74, 6) is -0.516. The molecule has 3 amide bonds. The Labute approximate surface area is 160 Å². The summed E-state index contributed by atoms with van der Waals surface area (Å²) in [5, 5.41) is 9.46. The maximum Gasteiger partial charge on any atom is 0.241 e. The highest BCUT2D eigenvalue weighted by atomic mass is 32.1. The zero-order valence-corrected chi connectivity index (χ0v) is 16.4. The van der Waals surface area contributed by atoms with Gasteiger partial charge in [0.1, 0.15) is 0 Å². The summed E-state index contributed by atoms with van der Waals surface area (Å²) in [6, 6.07) is 3.81. The smallest absolute Gasteiger partial charge is 0.241 e. The fraction of sp³-hybridized carbons (Fsp3) is 0.412. The van der Waals surface area contributed by atoms with Crippen LogP contribution in [0.1, 0.15) is 24.4 Å². The number of aromatic nitrogens is 1. The first-order chi connectivity index (χ1) is 12.5. The number of nitrogens with one attached hydrogen (secondary N) is 2. The van der Waals surface area contributed by atoms with Gasteiger partial charge in [0.2, 0.25) is 17.7 Å². The summed E-state index contributed by atoms with van der Waals surface area (Å²) < 4.78 is 0. The van der Waals surface area contributed by atoms with Crippen molar-refractivity contribution in [3.8, 4) is 0 Å². The fourth-order valence-corrected chi connectivity index (χ4v) is 3.70. The molecule has 0 saturated heterocycles. The predicted molar refractivity (Wildman–Crippen MR) is 103 cm³/mol. The van der Waals surface area contributed by atoms with E-state index in [1.165, 1.54) is 22.7 Å². The molecule has 2 aromatic heterocycles. The molecule has 140 valence electrons. The van der Waals surface area contributed by atoms with E-state index in [2.05, 4.69) is 15.6 Å². The van der Waals surface area contributed by atoms with Crippen molar-refractivity contribution in [2.75, 3.05) is 25.0 Å². The third-order valence-electron chi connectivity index (χ3n) is 3.61. The van der Waals surface area contributed by atoms with Crippen LogP contribution >= 0.6 is 22.7 Å². The van der Waals surface area contributed by atoms with Crippen LogP contribution in [0.2, 0.25) is 0 Å². The van der Waals surface area contributed by atoms with Gasteiger partial charge in [-0.05, 0) is 25.3 Å². The van der Waals surface area contributed by atoms with E-state index in [0.29, 0.717) is 30.3 Å². The lowest BCUT2D eigenvalue weighted by Gasteiger charge is -2.18. The van der Waals surface area contributed by atoms with Crippen molar-refractivity contribution < 1.29 is 14.4 Å². The Bertz CT molecular complexity index is 739. The molecule has 0 aliphatic carbocycles. The van der Waals surface area contributed by atoms with Gasteiger partial charge in [-0.3, -0.25) is 14.4 Å². The highest BCUT2D eigenvalue weighted by Gasteiger charge is 2.13. The molecular formula is C17H22N4O3S2. The predicted octanol–water partition coefficient (Wildman–Crippen LogP) is 1.91. The maximum atomic E-state index is 12.0. The first-order valence-electron chi connectivity index (χ1n) is 8.32. The van der Waals surface area contributed by atoms with Crippen LogP contribution in [0, 0.1) is 0 Å². The summed E-state index contributed by atoms with van der Waals surface area (Å²) in [4.78, 5) is 42.7. The normalized spacial score (nSPS) is 10.4. The average Bonchev–Trinajstić information content (AvgIpc) is 3.26. The molecule has 0 spiro atoms. The molecule has 0 aliphatic rings. The average molecular weight is 395 g/mol. The lowest BCUT2D eigenvalue weighted by Crippen LogP contribution is -2.40. The first kappa shape index (κ1) is 20.1. The quantitative estimate of drug-likeness (QED) is 0.680. The van der Waals surface area contributed by atoms with E-state index < -0.39 is 0 Å². The standard InChI is InChI=1S/C17H22N4O3S2/c1-3-21(4-2)16(24)10-18-14(22)8-12-11-26-17(19-12)20-15(23)9-13-6-5-7-25-13/h5-7,11H,3-4,8-10H2,1-2H3,(H,18,22)(H,19,20,23). The van der Waals surface area contributed by atoms with E-state index in [0.717, 1.165) is 4.88 Å². The van der Waals surface area contributed by atoms with E-state index in [9.17, 15) is 14.4 Å². The lowest BCUT2D eigenvalue weighted by atomic mass is 10.3. The Morgan fingerprint density at radius 1 is 1.12 bits per heavy atom. The van der Waals surface area contributed by atoms with Crippen molar-refractivity contribution in [2.24, 2.45) is 0 Å². The zero-order valence-electron chi connectivity index (χ0n) is 14.8. The molecule has 7 nitrogen and oxygen atoms in total. The van der Waals surface area contributed by atoms with Gasteiger partial charge in [0.15, 0.2) is 5.13 Å². The molecule has 0 aliphatic heterocycles. The van der Waals surface area contributed by atoms with Gasteiger partial charge in [0.25, 0.3) is 0 Å². The third kappa shape index (κ3) is 6.23. The second-order valence-corrected chi connectivity index (χ2v) is 7.36. The summed E-state index contributed by atoms with van der Waals surface area (Å²) in [7, 11) is 0. The third-order valence-corrected chi connectivity index (χ3v) is 5.29. The molecule has 0 atom stereocenters. The molecule has 2 aromatic rings. The number of carbonyl (C=O) groups is 3. The van der Waals surface area contributed by atoms with Crippen LogP contribution in [-0.4, -0.2) is 47.2 Å². The van der Waals surface area contributed by atoms with Crippen molar-refractivity contribution in [3.05, 3.63) is 33.5 Å². The van der Waals surface area contributed by atoms with E-state index in [-0.39, 0.29) is 30.7 Å². The summed E-state index contributed by atoms with van der Waals surface area (Å²) >= 11 is 2.80. The minimum absolute atomic E-state index is 0.0188. The lowest BCUT2D eigenvalue weighted by molar-refractivity contribution is -0.132. The highest BCUT2D eigenvalue weighted by Crippen LogP contribution is 2.17. The van der Waals surface area contributed by atoms with E-state index in [1.807, 2.05) is 31.4 Å². The Morgan fingerprint density at radius 3 is 2.54 bits per heavy atom. The second-order valence-electron chi connectivity index (χ2n) is 5.47. The van der Waals surface area contributed by atoms with Crippen molar-refractivity contribution in [3.63, 3.8) is 0 Å².